The molecule has 2 aromatic rings. The Morgan fingerprint density at radius 3 is 2.14 bits per heavy atom. The van der Waals surface area contributed by atoms with Gasteiger partial charge in [-0.2, -0.15) is 0 Å². The standard InChI is InChI=1S/C19H18O2/c1-2-16-18(20)13-17(14-9-5-3-6-10-14)19(16,21)15-11-7-4-8-12-15/h3-13,16,21H,2H2,1H3/t16-,19+/m0/s1. The SMILES string of the molecule is CC[C@H]1C(=O)C=C(c2ccccc2)[C@@]1(O)c1ccccc1. The van der Waals surface area contributed by atoms with E-state index in [0.29, 0.717) is 12.0 Å². The van der Waals surface area contributed by atoms with E-state index in [1.54, 1.807) is 6.08 Å². The van der Waals surface area contributed by atoms with Crippen LogP contribution >= 0.6 is 0 Å². The minimum absolute atomic E-state index is 0.00251. The number of hydrogen-bond donors (Lipinski definition) is 1. The first-order chi connectivity index (χ1) is 10.2. The molecule has 2 nitrogen and oxygen atoms in total. The van der Waals surface area contributed by atoms with Gasteiger partial charge in [-0.15, -0.1) is 0 Å². The third kappa shape index (κ3) is 2.12. The average molecular weight is 278 g/mol. The number of carbonyl (C=O) groups is 1. The Kier molecular flexibility index (Phi) is 3.48. The van der Waals surface area contributed by atoms with Crippen molar-refractivity contribution < 1.29 is 9.90 Å². The number of ketones is 1. The first-order valence-corrected chi connectivity index (χ1v) is 7.27. The van der Waals surface area contributed by atoms with E-state index >= 15 is 0 Å². The highest BCUT2D eigenvalue weighted by atomic mass is 16.3. The lowest BCUT2D eigenvalue weighted by Crippen LogP contribution is -2.35. The Bertz CT molecular complexity index is 673. The van der Waals surface area contributed by atoms with E-state index in [0.717, 1.165) is 11.1 Å². The normalized spacial score (nSPS) is 25.0. The number of hydrogen-bond acceptors (Lipinski definition) is 2. The second kappa shape index (κ2) is 5.30. The van der Waals surface area contributed by atoms with Crippen molar-refractivity contribution in [2.75, 3.05) is 0 Å². The van der Waals surface area contributed by atoms with Crippen LogP contribution in [0.15, 0.2) is 66.7 Å². The van der Waals surface area contributed by atoms with E-state index in [2.05, 4.69) is 0 Å². The third-order valence-electron chi connectivity index (χ3n) is 4.25. The van der Waals surface area contributed by atoms with E-state index < -0.39 is 11.5 Å². The molecule has 3 rings (SSSR count). The fraction of sp³-hybridized carbons (Fsp3) is 0.211. The highest BCUT2D eigenvalue weighted by Crippen LogP contribution is 2.48. The van der Waals surface area contributed by atoms with Gasteiger partial charge in [0.1, 0.15) is 5.60 Å². The molecule has 2 aromatic carbocycles. The van der Waals surface area contributed by atoms with E-state index in [1.807, 2.05) is 67.6 Å². The molecule has 1 aliphatic rings. The summed E-state index contributed by atoms with van der Waals surface area (Å²) in [6.45, 7) is 1.94. The summed E-state index contributed by atoms with van der Waals surface area (Å²) in [5.74, 6) is -0.419. The lowest BCUT2D eigenvalue weighted by Gasteiger charge is -2.32. The summed E-state index contributed by atoms with van der Waals surface area (Å²) in [4.78, 5) is 12.3. The van der Waals surface area contributed by atoms with Crippen molar-refractivity contribution >= 4 is 11.4 Å². The molecular formula is C19H18O2. The van der Waals surface area contributed by atoms with Crippen LogP contribution in [0.25, 0.3) is 5.57 Å². The smallest absolute Gasteiger partial charge is 0.162 e. The van der Waals surface area contributed by atoms with Crippen molar-refractivity contribution in [1.82, 2.24) is 0 Å². The monoisotopic (exact) mass is 278 g/mol. The van der Waals surface area contributed by atoms with Crippen LogP contribution in [-0.4, -0.2) is 10.9 Å². The van der Waals surface area contributed by atoms with E-state index in [-0.39, 0.29) is 5.78 Å². The summed E-state index contributed by atoms with van der Waals surface area (Å²) in [6, 6.07) is 19.1. The molecule has 0 amide bonds. The lowest BCUT2D eigenvalue weighted by molar-refractivity contribution is -0.122. The maximum absolute atomic E-state index is 12.3. The summed E-state index contributed by atoms with van der Waals surface area (Å²) in [5, 5.41) is 11.4. The minimum Gasteiger partial charge on any atom is -0.380 e. The molecule has 0 bridgehead atoms. The average Bonchev–Trinajstić information content (AvgIpc) is 2.81. The number of allylic oxidation sites excluding steroid dienone is 1. The summed E-state index contributed by atoms with van der Waals surface area (Å²) in [7, 11) is 0. The quantitative estimate of drug-likeness (QED) is 0.932. The maximum atomic E-state index is 12.3. The molecular weight excluding hydrogens is 260 g/mol. The summed E-state index contributed by atoms with van der Waals surface area (Å²) in [6.07, 6.45) is 2.22. The molecule has 0 fully saturated rings. The first-order valence-electron chi connectivity index (χ1n) is 7.27. The van der Waals surface area contributed by atoms with Crippen LogP contribution in [0.3, 0.4) is 0 Å². The minimum atomic E-state index is -1.24. The van der Waals surface area contributed by atoms with E-state index in [1.165, 1.54) is 0 Å². The van der Waals surface area contributed by atoms with Crippen LogP contribution < -0.4 is 0 Å². The number of benzene rings is 2. The molecule has 106 valence electrons. The fourth-order valence-corrected chi connectivity index (χ4v) is 3.21. The molecule has 21 heavy (non-hydrogen) atoms. The van der Waals surface area contributed by atoms with E-state index in [4.69, 9.17) is 0 Å². The van der Waals surface area contributed by atoms with Gasteiger partial charge in [-0.25, -0.2) is 0 Å². The molecule has 2 heteroatoms. The maximum Gasteiger partial charge on any atom is 0.162 e. The van der Waals surface area contributed by atoms with Gasteiger partial charge in [0.05, 0.1) is 5.92 Å². The Morgan fingerprint density at radius 2 is 1.57 bits per heavy atom. The predicted molar refractivity (Wildman–Crippen MR) is 83.5 cm³/mol. The third-order valence-corrected chi connectivity index (χ3v) is 4.25. The first kappa shape index (κ1) is 13.8. The fourth-order valence-electron chi connectivity index (χ4n) is 3.21. The van der Waals surface area contributed by atoms with Crippen LogP contribution in [0.5, 0.6) is 0 Å². The predicted octanol–water partition coefficient (Wildman–Crippen LogP) is 3.57. The molecule has 0 aromatic heterocycles. The Hall–Kier alpha value is -2.19. The van der Waals surface area contributed by atoms with Crippen LogP contribution in [0.4, 0.5) is 0 Å². The summed E-state index contributed by atoms with van der Waals surface area (Å²) < 4.78 is 0. The molecule has 0 saturated carbocycles. The van der Waals surface area contributed by atoms with Gasteiger partial charge in [0, 0.05) is 0 Å². The number of carbonyl (C=O) groups excluding carboxylic acids is 1. The molecule has 1 aliphatic carbocycles. The van der Waals surface area contributed by atoms with Gasteiger partial charge >= 0.3 is 0 Å². The molecule has 0 heterocycles. The van der Waals surface area contributed by atoms with Crippen molar-refractivity contribution in [3.63, 3.8) is 0 Å². The highest BCUT2D eigenvalue weighted by molar-refractivity contribution is 6.07. The molecule has 0 aliphatic heterocycles. The van der Waals surface area contributed by atoms with Gasteiger partial charge in [-0.05, 0) is 29.2 Å². The molecule has 1 N–H and O–H groups in total. The van der Waals surface area contributed by atoms with E-state index in [9.17, 15) is 9.90 Å². The second-order valence-corrected chi connectivity index (χ2v) is 5.42. The second-order valence-electron chi connectivity index (χ2n) is 5.42. The molecule has 2 atom stereocenters. The Balaban J connectivity index is 2.18. The van der Waals surface area contributed by atoms with Crippen molar-refractivity contribution in [2.24, 2.45) is 5.92 Å². The topological polar surface area (TPSA) is 37.3 Å². The van der Waals surface area contributed by atoms with Crippen molar-refractivity contribution in [1.29, 1.82) is 0 Å². The van der Waals surface area contributed by atoms with Crippen molar-refractivity contribution in [2.45, 2.75) is 18.9 Å². The summed E-state index contributed by atoms with van der Waals surface area (Å²) in [5.41, 5.74) is 1.13. The van der Waals surface area contributed by atoms with Crippen LogP contribution in [-0.2, 0) is 10.4 Å². The lowest BCUT2D eigenvalue weighted by atomic mass is 9.76. The van der Waals surface area contributed by atoms with Crippen molar-refractivity contribution in [3.8, 4) is 0 Å². The molecule has 0 saturated heterocycles. The van der Waals surface area contributed by atoms with Crippen molar-refractivity contribution in [3.05, 3.63) is 77.9 Å². The molecule has 0 spiro atoms. The summed E-state index contributed by atoms with van der Waals surface area (Å²) >= 11 is 0. The van der Waals surface area contributed by atoms with Crippen LogP contribution in [0.2, 0.25) is 0 Å². The van der Waals surface area contributed by atoms with Crippen LogP contribution in [0.1, 0.15) is 24.5 Å². The van der Waals surface area contributed by atoms with Gasteiger partial charge < -0.3 is 5.11 Å². The van der Waals surface area contributed by atoms with Gasteiger partial charge in [0.25, 0.3) is 0 Å². The zero-order chi connectivity index (χ0) is 14.9. The van der Waals surface area contributed by atoms with Gasteiger partial charge in [-0.1, -0.05) is 67.6 Å². The molecule has 0 unspecified atom stereocenters. The zero-order valence-electron chi connectivity index (χ0n) is 12.0. The van der Waals surface area contributed by atoms with Gasteiger partial charge in [-0.3, -0.25) is 4.79 Å². The Labute approximate surface area is 124 Å². The molecule has 0 radical (unpaired) electrons. The number of aliphatic hydroxyl groups is 1. The highest BCUT2D eigenvalue weighted by Gasteiger charge is 2.49. The largest absolute Gasteiger partial charge is 0.380 e. The number of rotatable bonds is 3. The van der Waals surface area contributed by atoms with Gasteiger partial charge in [0.2, 0.25) is 0 Å². The zero-order valence-corrected chi connectivity index (χ0v) is 12.0. The van der Waals surface area contributed by atoms with Crippen LogP contribution in [0, 0.1) is 5.92 Å². The Morgan fingerprint density at radius 1 is 1.00 bits per heavy atom. The van der Waals surface area contributed by atoms with Gasteiger partial charge in [0.15, 0.2) is 5.78 Å².